The molecule has 1 aromatic carbocycles. The van der Waals surface area contributed by atoms with Gasteiger partial charge >= 0.3 is 0 Å². The Morgan fingerprint density at radius 1 is 1.20 bits per heavy atom. The van der Waals surface area contributed by atoms with Crippen molar-refractivity contribution in [2.24, 2.45) is 5.92 Å². The molecule has 0 aromatic heterocycles. The third-order valence-electron chi connectivity index (χ3n) is 3.35. The van der Waals surface area contributed by atoms with Gasteiger partial charge in [0.1, 0.15) is 0 Å². The smallest absolute Gasteiger partial charge is 0.0361 e. The Bertz CT molecular complexity index is 344. The van der Waals surface area contributed by atoms with Crippen molar-refractivity contribution in [2.75, 3.05) is 19.0 Å². The first-order valence-electron chi connectivity index (χ1n) is 5.65. The van der Waals surface area contributed by atoms with Gasteiger partial charge in [-0.1, -0.05) is 25.1 Å². The lowest BCUT2D eigenvalue weighted by Crippen LogP contribution is -2.12. The fourth-order valence-electron chi connectivity index (χ4n) is 1.97. The molecule has 0 atom stereocenters. The van der Waals surface area contributed by atoms with Crippen molar-refractivity contribution >= 4 is 11.3 Å². The summed E-state index contributed by atoms with van der Waals surface area (Å²) in [5.74, 6) is 0.746. The monoisotopic (exact) mass is 201 g/mol. The predicted molar refractivity (Wildman–Crippen MR) is 67.1 cm³/mol. The van der Waals surface area contributed by atoms with Gasteiger partial charge in [-0.15, -0.1) is 0 Å². The molecule has 1 fully saturated rings. The zero-order valence-corrected chi connectivity index (χ0v) is 9.66. The minimum absolute atomic E-state index is 0.746. The molecule has 1 saturated carbocycles. The van der Waals surface area contributed by atoms with Crippen LogP contribution in [-0.4, -0.2) is 14.1 Å². The van der Waals surface area contributed by atoms with Crippen molar-refractivity contribution in [1.29, 1.82) is 0 Å². The van der Waals surface area contributed by atoms with Gasteiger partial charge < -0.3 is 4.90 Å². The van der Waals surface area contributed by atoms with Crippen LogP contribution in [0.5, 0.6) is 0 Å². The van der Waals surface area contributed by atoms with Crippen LogP contribution in [0.25, 0.3) is 5.57 Å². The number of anilines is 1. The average molecular weight is 201 g/mol. The fraction of sp³-hybridized carbons (Fsp3) is 0.429. The Morgan fingerprint density at radius 3 is 2.20 bits per heavy atom. The topological polar surface area (TPSA) is 3.24 Å². The number of nitrogens with zero attached hydrogens (tertiary/aromatic N) is 1. The van der Waals surface area contributed by atoms with Crippen molar-refractivity contribution in [1.82, 2.24) is 0 Å². The fourth-order valence-corrected chi connectivity index (χ4v) is 1.97. The average Bonchev–Trinajstić information content (AvgIpc) is 2.15. The summed E-state index contributed by atoms with van der Waals surface area (Å²) in [7, 11) is 4.13. The van der Waals surface area contributed by atoms with Gasteiger partial charge in [-0.2, -0.15) is 0 Å². The second-order valence-electron chi connectivity index (χ2n) is 4.59. The van der Waals surface area contributed by atoms with Gasteiger partial charge in [-0.3, -0.25) is 0 Å². The molecule has 0 aliphatic heterocycles. The van der Waals surface area contributed by atoms with Crippen molar-refractivity contribution < 1.29 is 0 Å². The number of hydrogen-bond acceptors (Lipinski definition) is 1. The Balaban J connectivity index is 2.12. The number of hydrogen-bond donors (Lipinski definition) is 0. The molecule has 1 aliphatic rings. The maximum atomic E-state index is 4.21. The first kappa shape index (κ1) is 10.3. The first-order valence-corrected chi connectivity index (χ1v) is 5.65. The SMILES string of the molecule is C=C(c1ccc(N(C)C)cc1)C1CCC1. The van der Waals surface area contributed by atoms with Gasteiger partial charge in [-0.25, -0.2) is 0 Å². The largest absolute Gasteiger partial charge is 0.378 e. The summed E-state index contributed by atoms with van der Waals surface area (Å²) in [6, 6.07) is 8.71. The highest BCUT2D eigenvalue weighted by Crippen LogP contribution is 2.37. The summed E-state index contributed by atoms with van der Waals surface area (Å²) in [6.07, 6.45) is 4.03. The van der Waals surface area contributed by atoms with Crippen LogP contribution in [0.15, 0.2) is 30.8 Å². The molecular formula is C14H19N. The third-order valence-corrected chi connectivity index (χ3v) is 3.35. The molecule has 80 valence electrons. The van der Waals surface area contributed by atoms with Crippen LogP contribution in [0.3, 0.4) is 0 Å². The van der Waals surface area contributed by atoms with E-state index in [0.29, 0.717) is 0 Å². The summed E-state index contributed by atoms with van der Waals surface area (Å²) in [6.45, 7) is 4.21. The van der Waals surface area contributed by atoms with Crippen LogP contribution in [0.1, 0.15) is 24.8 Å². The molecule has 0 unspecified atom stereocenters. The highest BCUT2D eigenvalue weighted by atomic mass is 15.1. The predicted octanol–water partition coefficient (Wildman–Crippen LogP) is 3.57. The van der Waals surface area contributed by atoms with Gasteiger partial charge in [-0.05, 0) is 42.0 Å². The van der Waals surface area contributed by atoms with E-state index < -0.39 is 0 Å². The molecule has 1 aliphatic carbocycles. The van der Waals surface area contributed by atoms with E-state index >= 15 is 0 Å². The molecule has 0 saturated heterocycles. The van der Waals surface area contributed by atoms with Crippen LogP contribution in [0.4, 0.5) is 5.69 Å². The zero-order valence-electron chi connectivity index (χ0n) is 9.66. The molecule has 0 N–H and O–H groups in total. The summed E-state index contributed by atoms with van der Waals surface area (Å²) in [4.78, 5) is 2.12. The van der Waals surface area contributed by atoms with E-state index in [9.17, 15) is 0 Å². The summed E-state index contributed by atoms with van der Waals surface area (Å²) < 4.78 is 0. The minimum atomic E-state index is 0.746. The van der Waals surface area contributed by atoms with Gasteiger partial charge in [0.25, 0.3) is 0 Å². The highest BCUT2D eigenvalue weighted by Gasteiger charge is 2.21. The summed E-state index contributed by atoms with van der Waals surface area (Å²) in [5, 5.41) is 0. The van der Waals surface area contributed by atoms with Crippen LogP contribution < -0.4 is 4.90 Å². The Morgan fingerprint density at radius 2 is 1.80 bits per heavy atom. The lowest BCUT2D eigenvalue weighted by atomic mass is 9.78. The number of allylic oxidation sites excluding steroid dienone is 1. The molecule has 2 rings (SSSR count). The second-order valence-corrected chi connectivity index (χ2v) is 4.59. The van der Waals surface area contributed by atoms with Gasteiger partial charge in [0.05, 0.1) is 0 Å². The van der Waals surface area contributed by atoms with Gasteiger partial charge in [0.2, 0.25) is 0 Å². The molecule has 0 bridgehead atoms. The van der Waals surface area contributed by atoms with Gasteiger partial charge in [0.15, 0.2) is 0 Å². The molecule has 1 nitrogen and oxygen atoms in total. The molecule has 0 heterocycles. The van der Waals surface area contributed by atoms with E-state index in [1.807, 2.05) is 0 Å². The van der Waals surface area contributed by atoms with E-state index in [2.05, 4.69) is 49.8 Å². The third kappa shape index (κ3) is 2.06. The normalized spacial score (nSPS) is 15.9. The van der Waals surface area contributed by atoms with Crippen molar-refractivity contribution in [2.45, 2.75) is 19.3 Å². The number of benzene rings is 1. The Labute approximate surface area is 92.4 Å². The van der Waals surface area contributed by atoms with Crippen LogP contribution >= 0.6 is 0 Å². The zero-order chi connectivity index (χ0) is 10.8. The van der Waals surface area contributed by atoms with E-state index in [-0.39, 0.29) is 0 Å². The maximum Gasteiger partial charge on any atom is 0.0361 e. The molecule has 0 spiro atoms. The molecule has 1 heteroatoms. The summed E-state index contributed by atoms with van der Waals surface area (Å²) >= 11 is 0. The molecular weight excluding hydrogens is 182 g/mol. The summed E-state index contributed by atoms with van der Waals surface area (Å²) in [5.41, 5.74) is 3.89. The molecule has 15 heavy (non-hydrogen) atoms. The maximum absolute atomic E-state index is 4.21. The minimum Gasteiger partial charge on any atom is -0.378 e. The second kappa shape index (κ2) is 4.09. The standard InChI is InChI=1S/C14H19N/c1-11(12-5-4-6-12)13-7-9-14(10-8-13)15(2)3/h7-10,12H,1,4-6H2,2-3H3. The molecule has 0 amide bonds. The van der Waals surface area contributed by atoms with Gasteiger partial charge in [0, 0.05) is 19.8 Å². The van der Waals surface area contributed by atoms with E-state index in [1.165, 1.54) is 36.1 Å². The lowest BCUT2D eigenvalue weighted by molar-refractivity contribution is 0.401. The van der Waals surface area contributed by atoms with E-state index in [0.717, 1.165) is 5.92 Å². The van der Waals surface area contributed by atoms with Crippen LogP contribution in [-0.2, 0) is 0 Å². The van der Waals surface area contributed by atoms with Crippen LogP contribution in [0.2, 0.25) is 0 Å². The van der Waals surface area contributed by atoms with Crippen LogP contribution in [0, 0.1) is 5.92 Å². The number of rotatable bonds is 3. The highest BCUT2D eigenvalue weighted by molar-refractivity contribution is 5.67. The van der Waals surface area contributed by atoms with Crippen molar-refractivity contribution in [3.8, 4) is 0 Å². The molecule has 0 radical (unpaired) electrons. The Hall–Kier alpha value is -1.24. The van der Waals surface area contributed by atoms with E-state index in [4.69, 9.17) is 0 Å². The first-order chi connectivity index (χ1) is 7.18. The van der Waals surface area contributed by atoms with E-state index in [1.54, 1.807) is 0 Å². The Kier molecular flexibility index (Phi) is 2.81. The lowest BCUT2D eigenvalue weighted by Gasteiger charge is -2.28. The molecule has 1 aromatic rings. The van der Waals surface area contributed by atoms with Crippen molar-refractivity contribution in [3.63, 3.8) is 0 Å². The van der Waals surface area contributed by atoms with Crippen molar-refractivity contribution in [3.05, 3.63) is 36.4 Å². The quantitative estimate of drug-likeness (QED) is 0.722.